The molecule has 0 saturated carbocycles. The number of nitro benzene ring substituents is 1. The maximum atomic E-state index is 11.9. The Morgan fingerprint density at radius 2 is 1.91 bits per heavy atom. The average Bonchev–Trinajstić information content (AvgIpc) is 2.52. The molecule has 0 unspecified atom stereocenters. The highest BCUT2D eigenvalue weighted by molar-refractivity contribution is 5.77. The molecule has 8 nitrogen and oxygen atoms in total. The summed E-state index contributed by atoms with van der Waals surface area (Å²) in [5.74, 6) is -0.990. The molecule has 1 aromatic rings. The summed E-state index contributed by atoms with van der Waals surface area (Å²) < 4.78 is 0. The largest absolute Gasteiger partial charge is 0.481 e. The summed E-state index contributed by atoms with van der Waals surface area (Å²) in [6.45, 7) is 3.08. The Bertz CT molecular complexity index is 545. The molecule has 1 rings (SSSR count). The number of hydrogen-bond acceptors (Lipinski definition) is 5. The first-order valence-electron chi connectivity index (χ1n) is 7.42. The highest BCUT2D eigenvalue weighted by Gasteiger charge is 2.12. The van der Waals surface area contributed by atoms with Gasteiger partial charge in [-0.25, -0.2) is 0 Å². The van der Waals surface area contributed by atoms with Crippen molar-refractivity contribution >= 4 is 23.3 Å². The smallest absolute Gasteiger partial charge is 0.305 e. The van der Waals surface area contributed by atoms with Crippen LogP contribution in [0.1, 0.15) is 26.2 Å². The molecule has 0 heterocycles. The standard InChI is InChI=1S/C15H21N3O5/c1-2-17(11-9-15(20)21)14(19)4-3-10-16-12-5-7-13(8-6-12)18(22)23/h5-8,16H,2-4,9-11H2,1H3,(H,20,21). The number of nitrogens with one attached hydrogen (secondary N) is 1. The third-order valence-corrected chi connectivity index (χ3v) is 3.30. The van der Waals surface area contributed by atoms with Crippen molar-refractivity contribution in [2.24, 2.45) is 0 Å². The second-order valence-electron chi connectivity index (χ2n) is 4.95. The van der Waals surface area contributed by atoms with Crippen molar-refractivity contribution < 1.29 is 19.6 Å². The number of carbonyl (C=O) groups is 2. The average molecular weight is 323 g/mol. The van der Waals surface area contributed by atoms with Crippen LogP contribution >= 0.6 is 0 Å². The zero-order valence-electron chi connectivity index (χ0n) is 13.0. The van der Waals surface area contributed by atoms with Crippen molar-refractivity contribution in [2.75, 3.05) is 25.0 Å². The summed E-state index contributed by atoms with van der Waals surface area (Å²) in [5, 5.41) is 22.3. The number of anilines is 1. The van der Waals surface area contributed by atoms with Crippen LogP contribution in [0.25, 0.3) is 0 Å². The van der Waals surface area contributed by atoms with Gasteiger partial charge in [0.2, 0.25) is 5.91 Å². The number of rotatable bonds is 10. The zero-order chi connectivity index (χ0) is 17.2. The van der Waals surface area contributed by atoms with Crippen LogP contribution in [0.3, 0.4) is 0 Å². The Morgan fingerprint density at radius 3 is 2.43 bits per heavy atom. The fraction of sp³-hybridized carbons (Fsp3) is 0.467. The van der Waals surface area contributed by atoms with Gasteiger partial charge in [-0.05, 0) is 25.5 Å². The summed E-state index contributed by atoms with van der Waals surface area (Å²) in [5.41, 5.74) is 0.781. The van der Waals surface area contributed by atoms with E-state index in [0.29, 0.717) is 25.9 Å². The first-order valence-corrected chi connectivity index (χ1v) is 7.42. The number of aliphatic carboxylic acids is 1. The number of non-ortho nitro benzene ring substituents is 1. The number of carbonyl (C=O) groups excluding carboxylic acids is 1. The quantitative estimate of drug-likeness (QED) is 0.387. The van der Waals surface area contributed by atoms with Gasteiger partial charge in [-0.2, -0.15) is 0 Å². The van der Waals surface area contributed by atoms with E-state index in [0.717, 1.165) is 5.69 Å². The number of hydrogen-bond donors (Lipinski definition) is 2. The molecule has 1 aromatic carbocycles. The Kier molecular flexibility index (Phi) is 7.52. The van der Waals surface area contributed by atoms with Gasteiger partial charge in [0.15, 0.2) is 0 Å². The Labute approximate surface area is 134 Å². The minimum absolute atomic E-state index is 0.0303. The summed E-state index contributed by atoms with van der Waals surface area (Å²) >= 11 is 0. The fourth-order valence-electron chi connectivity index (χ4n) is 2.02. The summed E-state index contributed by atoms with van der Waals surface area (Å²) in [4.78, 5) is 34.1. The fourth-order valence-corrected chi connectivity index (χ4v) is 2.02. The monoisotopic (exact) mass is 323 g/mol. The first kappa shape index (κ1) is 18.4. The third kappa shape index (κ3) is 6.77. The lowest BCUT2D eigenvalue weighted by atomic mass is 10.2. The van der Waals surface area contributed by atoms with Gasteiger partial charge in [0.05, 0.1) is 11.3 Å². The Hall–Kier alpha value is -2.64. The molecule has 0 atom stereocenters. The molecule has 126 valence electrons. The Morgan fingerprint density at radius 1 is 1.26 bits per heavy atom. The predicted molar refractivity (Wildman–Crippen MR) is 85.3 cm³/mol. The van der Waals surface area contributed by atoms with E-state index in [4.69, 9.17) is 5.11 Å². The van der Waals surface area contributed by atoms with Crippen LogP contribution in [0.5, 0.6) is 0 Å². The number of carboxylic acids is 1. The molecule has 8 heteroatoms. The van der Waals surface area contributed by atoms with Crippen molar-refractivity contribution in [1.82, 2.24) is 4.90 Å². The molecule has 0 spiro atoms. The minimum Gasteiger partial charge on any atom is -0.481 e. The number of carboxylic acid groups (broad SMARTS) is 1. The Balaban J connectivity index is 2.31. The van der Waals surface area contributed by atoms with Gasteiger partial charge < -0.3 is 15.3 Å². The van der Waals surface area contributed by atoms with Crippen molar-refractivity contribution in [2.45, 2.75) is 26.2 Å². The molecule has 0 aliphatic carbocycles. The number of benzene rings is 1. The summed E-state index contributed by atoms with van der Waals surface area (Å²) in [7, 11) is 0. The van der Waals surface area contributed by atoms with Gasteiger partial charge in [0.1, 0.15) is 0 Å². The molecule has 0 aliphatic heterocycles. The normalized spacial score (nSPS) is 10.1. The summed E-state index contributed by atoms with van der Waals surface area (Å²) in [6, 6.07) is 6.06. The predicted octanol–water partition coefficient (Wildman–Crippen LogP) is 2.11. The lowest BCUT2D eigenvalue weighted by molar-refractivity contribution is -0.384. The topological polar surface area (TPSA) is 113 Å². The van der Waals surface area contributed by atoms with Gasteiger partial charge in [-0.1, -0.05) is 0 Å². The van der Waals surface area contributed by atoms with Crippen molar-refractivity contribution in [3.05, 3.63) is 34.4 Å². The van der Waals surface area contributed by atoms with E-state index in [1.54, 1.807) is 12.1 Å². The molecule has 0 saturated heterocycles. The molecule has 1 amide bonds. The van der Waals surface area contributed by atoms with Gasteiger partial charge in [-0.15, -0.1) is 0 Å². The molecule has 0 aliphatic rings. The van der Waals surface area contributed by atoms with Gasteiger partial charge >= 0.3 is 5.97 Å². The highest BCUT2D eigenvalue weighted by atomic mass is 16.6. The van der Waals surface area contributed by atoms with Crippen LogP contribution in [-0.2, 0) is 9.59 Å². The van der Waals surface area contributed by atoms with Crippen LogP contribution in [0.4, 0.5) is 11.4 Å². The molecular weight excluding hydrogens is 302 g/mol. The second kappa shape index (κ2) is 9.39. The number of nitro groups is 1. The molecule has 23 heavy (non-hydrogen) atoms. The highest BCUT2D eigenvalue weighted by Crippen LogP contribution is 2.15. The van der Waals surface area contributed by atoms with Crippen molar-refractivity contribution in [1.29, 1.82) is 0 Å². The van der Waals surface area contributed by atoms with Gasteiger partial charge in [-0.3, -0.25) is 19.7 Å². The molecule has 0 radical (unpaired) electrons. The van der Waals surface area contributed by atoms with E-state index in [2.05, 4.69) is 5.32 Å². The molecule has 2 N–H and O–H groups in total. The third-order valence-electron chi connectivity index (χ3n) is 3.30. The first-order chi connectivity index (χ1) is 10.9. The number of nitrogens with zero attached hydrogens (tertiary/aromatic N) is 2. The van der Waals surface area contributed by atoms with Gasteiger partial charge in [0.25, 0.3) is 5.69 Å². The van der Waals surface area contributed by atoms with Gasteiger partial charge in [0, 0.05) is 43.9 Å². The van der Waals surface area contributed by atoms with Crippen LogP contribution in [0.15, 0.2) is 24.3 Å². The van der Waals surface area contributed by atoms with E-state index < -0.39 is 10.9 Å². The van der Waals surface area contributed by atoms with Crippen LogP contribution in [0, 0.1) is 10.1 Å². The minimum atomic E-state index is -0.920. The van der Waals surface area contributed by atoms with E-state index >= 15 is 0 Å². The maximum absolute atomic E-state index is 11.9. The lowest BCUT2D eigenvalue weighted by Crippen LogP contribution is -2.32. The van der Waals surface area contributed by atoms with Crippen LogP contribution in [-0.4, -0.2) is 46.4 Å². The van der Waals surface area contributed by atoms with Crippen LogP contribution < -0.4 is 5.32 Å². The van der Waals surface area contributed by atoms with Crippen LogP contribution in [0.2, 0.25) is 0 Å². The van der Waals surface area contributed by atoms with Crippen molar-refractivity contribution in [3.8, 4) is 0 Å². The van der Waals surface area contributed by atoms with E-state index in [-0.39, 0.29) is 24.6 Å². The molecule has 0 aromatic heterocycles. The SMILES string of the molecule is CCN(CCC(=O)O)C(=O)CCCNc1ccc([N+](=O)[O-])cc1. The molecule has 0 bridgehead atoms. The van der Waals surface area contributed by atoms with Crippen molar-refractivity contribution in [3.63, 3.8) is 0 Å². The second-order valence-corrected chi connectivity index (χ2v) is 4.95. The zero-order valence-corrected chi connectivity index (χ0v) is 13.0. The molecule has 0 fully saturated rings. The molecular formula is C15H21N3O5. The maximum Gasteiger partial charge on any atom is 0.305 e. The van der Waals surface area contributed by atoms with E-state index in [1.807, 2.05) is 6.92 Å². The van der Waals surface area contributed by atoms with E-state index in [1.165, 1.54) is 17.0 Å². The lowest BCUT2D eigenvalue weighted by Gasteiger charge is -2.20. The van der Waals surface area contributed by atoms with E-state index in [9.17, 15) is 19.7 Å². The summed E-state index contributed by atoms with van der Waals surface area (Å²) in [6.07, 6.45) is 0.869. The number of amides is 1.